The number of hydrogen-bond donors (Lipinski definition) is 1. The minimum Gasteiger partial charge on any atom is -0.340 e. The highest BCUT2D eigenvalue weighted by molar-refractivity contribution is 7.91. The molecule has 1 amide bonds. The van der Waals surface area contributed by atoms with Gasteiger partial charge in [-0.2, -0.15) is 0 Å². The van der Waals surface area contributed by atoms with Crippen molar-refractivity contribution in [2.75, 3.05) is 24.6 Å². The second kappa shape index (κ2) is 5.57. The Hall–Kier alpha value is -0.620. The van der Waals surface area contributed by atoms with Crippen molar-refractivity contribution < 1.29 is 13.2 Å². The van der Waals surface area contributed by atoms with Crippen LogP contribution in [0.4, 0.5) is 0 Å². The Morgan fingerprint density at radius 3 is 2.33 bits per heavy atom. The predicted octanol–water partition coefficient (Wildman–Crippen LogP) is 0.151. The van der Waals surface area contributed by atoms with E-state index in [4.69, 9.17) is 5.73 Å². The Labute approximate surface area is 109 Å². The Bertz CT molecular complexity index is 394. The van der Waals surface area contributed by atoms with Crippen LogP contribution in [0.2, 0.25) is 0 Å². The number of amides is 1. The van der Waals surface area contributed by atoms with Crippen LogP contribution in [0.25, 0.3) is 0 Å². The minimum atomic E-state index is -2.93. The van der Waals surface area contributed by atoms with E-state index in [0.29, 0.717) is 13.1 Å². The Morgan fingerprint density at radius 1 is 1.06 bits per heavy atom. The van der Waals surface area contributed by atoms with Gasteiger partial charge in [0, 0.05) is 19.1 Å². The van der Waals surface area contributed by atoms with E-state index in [9.17, 15) is 13.2 Å². The zero-order valence-corrected chi connectivity index (χ0v) is 11.5. The van der Waals surface area contributed by atoms with Gasteiger partial charge in [0.1, 0.15) is 0 Å². The first-order chi connectivity index (χ1) is 8.49. The first-order valence-electron chi connectivity index (χ1n) is 6.74. The molecule has 1 saturated heterocycles. The fourth-order valence-corrected chi connectivity index (χ4v) is 4.01. The van der Waals surface area contributed by atoms with Crippen molar-refractivity contribution in [3.63, 3.8) is 0 Å². The van der Waals surface area contributed by atoms with Crippen LogP contribution in [-0.4, -0.2) is 49.9 Å². The molecule has 6 heteroatoms. The summed E-state index contributed by atoms with van der Waals surface area (Å²) < 4.78 is 22.7. The summed E-state index contributed by atoms with van der Waals surface area (Å²) in [7, 11) is -2.93. The molecule has 104 valence electrons. The molecule has 2 aliphatic rings. The molecule has 0 aromatic heterocycles. The van der Waals surface area contributed by atoms with Gasteiger partial charge in [0.05, 0.1) is 17.4 Å². The van der Waals surface area contributed by atoms with Gasteiger partial charge in [-0.1, -0.05) is 19.3 Å². The van der Waals surface area contributed by atoms with E-state index in [1.54, 1.807) is 4.90 Å². The minimum absolute atomic E-state index is 0.0569. The van der Waals surface area contributed by atoms with Gasteiger partial charge in [-0.05, 0) is 12.8 Å². The van der Waals surface area contributed by atoms with E-state index in [1.165, 1.54) is 0 Å². The van der Waals surface area contributed by atoms with Crippen molar-refractivity contribution in [2.45, 2.75) is 38.1 Å². The first kappa shape index (κ1) is 13.8. The van der Waals surface area contributed by atoms with Crippen LogP contribution in [0.15, 0.2) is 0 Å². The molecular formula is C12H22N2O3S. The van der Waals surface area contributed by atoms with Crippen molar-refractivity contribution in [1.82, 2.24) is 4.90 Å². The van der Waals surface area contributed by atoms with Crippen molar-refractivity contribution >= 4 is 15.7 Å². The van der Waals surface area contributed by atoms with Gasteiger partial charge < -0.3 is 10.6 Å². The van der Waals surface area contributed by atoms with E-state index in [-0.39, 0.29) is 29.4 Å². The molecule has 18 heavy (non-hydrogen) atoms. The normalized spacial score (nSPS) is 32.8. The number of nitrogens with two attached hydrogens (primary N) is 1. The number of hydrogen-bond acceptors (Lipinski definition) is 4. The maximum Gasteiger partial charge on any atom is 0.227 e. The first-order valence-corrected chi connectivity index (χ1v) is 8.56. The van der Waals surface area contributed by atoms with Gasteiger partial charge in [0.2, 0.25) is 5.91 Å². The molecule has 0 radical (unpaired) electrons. The molecule has 2 unspecified atom stereocenters. The zero-order chi connectivity index (χ0) is 13.2. The summed E-state index contributed by atoms with van der Waals surface area (Å²) in [6, 6.07) is -0.0569. The average molecular weight is 274 g/mol. The Balaban J connectivity index is 1.98. The number of sulfone groups is 1. The molecule has 2 fully saturated rings. The van der Waals surface area contributed by atoms with Gasteiger partial charge in [0.25, 0.3) is 0 Å². The second-order valence-corrected chi connectivity index (χ2v) is 7.69. The molecule has 2 atom stereocenters. The molecule has 1 saturated carbocycles. The highest BCUT2D eigenvalue weighted by Gasteiger charge is 2.33. The monoisotopic (exact) mass is 274 g/mol. The molecule has 2 N–H and O–H groups in total. The summed E-state index contributed by atoms with van der Waals surface area (Å²) in [5, 5.41) is 0. The van der Waals surface area contributed by atoms with Gasteiger partial charge in [0.15, 0.2) is 9.84 Å². The summed E-state index contributed by atoms with van der Waals surface area (Å²) in [6.45, 7) is 0.675. The SMILES string of the molecule is NC1CCCCCC1C(=O)N1CCS(=O)(=O)CC1. The molecule has 1 aliphatic heterocycles. The van der Waals surface area contributed by atoms with Crippen molar-refractivity contribution in [1.29, 1.82) is 0 Å². The van der Waals surface area contributed by atoms with E-state index >= 15 is 0 Å². The lowest BCUT2D eigenvalue weighted by Crippen LogP contribution is -2.49. The molecule has 0 bridgehead atoms. The number of nitrogens with zero attached hydrogens (tertiary/aromatic N) is 1. The second-order valence-electron chi connectivity index (χ2n) is 5.39. The fraction of sp³-hybridized carbons (Fsp3) is 0.917. The number of carbonyl (C=O) groups is 1. The summed E-state index contributed by atoms with van der Waals surface area (Å²) in [4.78, 5) is 14.1. The third-order valence-corrected chi connectivity index (χ3v) is 5.65. The fourth-order valence-electron chi connectivity index (χ4n) is 2.81. The van der Waals surface area contributed by atoms with Crippen LogP contribution in [0.1, 0.15) is 32.1 Å². The summed E-state index contributed by atoms with van der Waals surface area (Å²) in [5.74, 6) is 0.161. The molecule has 0 aromatic rings. The van der Waals surface area contributed by atoms with Gasteiger partial charge >= 0.3 is 0 Å². The highest BCUT2D eigenvalue weighted by Crippen LogP contribution is 2.24. The van der Waals surface area contributed by atoms with Crippen molar-refractivity contribution in [3.8, 4) is 0 Å². The number of rotatable bonds is 1. The molecule has 5 nitrogen and oxygen atoms in total. The van der Waals surface area contributed by atoms with Crippen LogP contribution >= 0.6 is 0 Å². The zero-order valence-electron chi connectivity index (χ0n) is 10.7. The summed E-state index contributed by atoms with van der Waals surface area (Å²) in [5.41, 5.74) is 6.07. The lowest BCUT2D eigenvalue weighted by atomic mass is 9.94. The van der Waals surface area contributed by atoms with Gasteiger partial charge in [-0.25, -0.2) is 8.42 Å². The predicted molar refractivity (Wildman–Crippen MR) is 69.8 cm³/mol. The number of carbonyl (C=O) groups excluding carboxylic acids is 1. The van der Waals surface area contributed by atoms with Crippen LogP contribution < -0.4 is 5.73 Å². The molecule has 0 aromatic carbocycles. The van der Waals surface area contributed by atoms with Crippen LogP contribution in [0.5, 0.6) is 0 Å². The Morgan fingerprint density at radius 2 is 1.67 bits per heavy atom. The highest BCUT2D eigenvalue weighted by atomic mass is 32.2. The lowest BCUT2D eigenvalue weighted by molar-refractivity contribution is -0.136. The molecular weight excluding hydrogens is 252 g/mol. The standard InChI is InChI=1S/C12H22N2O3S/c13-11-5-3-1-2-4-10(11)12(15)14-6-8-18(16,17)9-7-14/h10-11H,1-9,13H2. The largest absolute Gasteiger partial charge is 0.340 e. The van der Waals surface area contributed by atoms with Crippen molar-refractivity contribution in [3.05, 3.63) is 0 Å². The third-order valence-electron chi connectivity index (χ3n) is 4.04. The van der Waals surface area contributed by atoms with Crippen LogP contribution in [0.3, 0.4) is 0 Å². The third kappa shape index (κ3) is 3.23. The van der Waals surface area contributed by atoms with Crippen molar-refractivity contribution in [2.24, 2.45) is 11.7 Å². The van der Waals surface area contributed by atoms with E-state index in [0.717, 1.165) is 32.1 Å². The van der Waals surface area contributed by atoms with E-state index < -0.39 is 9.84 Å². The maximum atomic E-state index is 12.4. The van der Waals surface area contributed by atoms with Crippen LogP contribution in [-0.2, 0) is 14.6 Å². The summed E-state index contributed by atoms with van der Waals surface area (Å²) in [6.07, 6.45) is 5.05. The topological polar surface area (TPSA) is 80.5 Å². The van der Waals surface area contributed by atoms with Gasteiger partial charge in [-0.15, -0.1) is 0 Å². The van der Waals surface area contributed by atoms with Crippen LogP contribution in [0, 0.1) is 5.92 Å². The molecule has 1 heterocycles. The maximum absolute atomic E-state index is 12.4. The molecule has 0 spiro atoms. The molecule has 1 aliphatic carbocycles. The summed E-state index contributed by atoms with van der Waals surface area (Å²) >= 11 is 0. The van der Waals surface area contributed by atoms with E-state index in [1.807, 2.05) is 0 Å². The smallest absolute Gasteiger partial charge is 0.227 e. The lowest BCUT2D eigenvalue weighted by Gasteiger charge is -2.32. The average Bonchev–Trinajstić information content (AvgIpc) is 2.53. The quantitative estimate of drug-likeness (QED) is 0.690. The Kier molecular flexibility index (Phi) is 4.27. The molecule has 2 rings (SSSR count). The van der Waals surface area contributed by atoms with E-state index in [2.05, 4.69) is 0 Å². The van der Waals surface area contributed by atoms with Gasteiger partial charge in [-0.3, -0.25) is 4.79 Å².